The Morgan fingerprint density at radius 1 is 1.23 bits per heavy atom. The summed E-state index contributed by atoms with van der Waals surface area (Å²) in [4.78, 5) is 13.0. The minimum Gasteiger partial charge on any atom is -0.396 e. The van der Waals surface area contributed by atoms with Crippen molar-refractivity contribution < 1.29 is 15.0 Å². The Morgan fingerprint density at radius 3 is 2.94 bits per heavy atom. The van der Waals surface area contributed by atoms with Gasteiger partial charge in [-0.15, -0.1) is 0 Å². The van der Waals surface area contributed by atoms with Gasteiger partial charge in [0.05, 0.1) is 16.7 Å². The molecular formula is C25H35ClN2O3. The van der Waals surface area contributed by atoms with Crippen LogP contribution in [0.15, 0.2) is 18.2 Å². The van der Waals surface area contributed by atoms with Gasteiger partial charge in [0, 0.05) is 19.7 Å². The third-order valence-electron chi connectivity index (χ3n) is 8.85. The molecule has 0 radical (unpaired) electrons. The molecule has 3 bridgehead atoms. The van der Waals surface area contributed by atoms with Crippen molar-refractivity contribution in [2.45, 2.75) is 57.5 Å². The van der Waals surface area contributed by atoms with Gasteiger partial charge in [0.25, 0.3) is 5.91 Å². The number of fused-ring (bicyclic) bond motifs is 2. The molecule has 0 saturated heterocycles. The molecule has 6 heteroatoms. The summed E-state index contributed by atoms with van der Waals surface area (Å²) in [6, 6.07) is 5.46. The van der Waals surface area contributed by atoms with E-state index in [1.807, 2.05) is 12.1 Å². The van der Waals surface area contributed by atoms with Crippen molar-refractivity contribution in [1.82, 2.24) is 10.6 Å². The molecule has 4 aliphatic carbocycles. The molecule has 0 aliphatic heterocycles. The lowest BCUT2D eigenvalue weighted by Gasteiger charge is -2.49. The molecule has 1 aromatic carbocycles. The molecule has 170 valence electrons. The molecule has 0 aromatic heterocycles. The Bertz CT molecular complexity index is 844. The zero-order chi connectivity index (χ0) is 21.6. The van der Waals surface area contributed by atoms with Crippen molar-refractivity contribution in [2.24, 2.45) is 28.6 Å². The lowest BCUT2D eigenvalue weighted by molar-refractivity contribution is -0.00253. The van der Waals surface area contributed by atoms with Crippen LogP contribution in [0.1, 0.15) is 60.9 Å². The molecule has 0 heterocycles. The summed E-state index contributed by atoms with van der Waals surface area (Å²) in [5.41, 5.74) is 2.34. The van der Waals surface area contributed by atoms with Crippen molar-refractivity contribution in [3.8, 4) is 0 Å². The Hall–Kier alpha value is -1.14. The van der Waals surface area contributed by atoms with E-state index in [9.17, 15) is 9.90 Å². The summed E-state index contributed by atoms with van der Waals surface area (Å²) in [5, 5.41) is 25.9. The van der Waals surface area contributed by atoms with Crippen molar-refractivity contribution >= 4 is 17.5 Å². The van der Waals surface area contributed by atoms with Gasteiger partial charge in [-0.05, 0) is 104 Å². The molecule has 31 heavy (non-hydrogen) atoms. The van der Waals surface area contributed by atoms with Crippen LogP contribution < -0.4 is 10.6 Å². The SMILES string of the molecule is O=C(NCC12CC3CC4CC(C1)C4(C3)C2)c1cc(C[C@@H](O)CNCCCO)ccc1Cl. The number of aliphatic hydroxyl groups excluding tert-OH is 2. The van der Waals surface area contributed by atoms with E-state index in [2.05, 4.69) is 10.6 Å². The first-order valence-electron chi connectivity index (χ1n) is 12.0. The molecule has 5 unspecified atom stereocenters. The summed E-state index contributed by atoms with van der Waals surface area (Å²) < 4.78 is 0. The van der Waals surface area contributed by atoms with E-state index < -0.39 is 6.10 Å². The smallest absolute Gasteiger partial charge is 0.252 e. The Kier molecular flexibility index (Phi) is 5.83. The molecule has 4 aliphatic rings. The highest BCUT2D eigenvalue weighted by Crippen LogP contribution is 2.78. The van der Waals surface area contributed by atoms with Gasteiger partial charge in [0.1, 0.15) is 0 Å². The fourth-order valence-corrected chi connectivity index (χ4v) is 8.00. The highest BCUT2D eigenvalue weighted by molar-refractivity contribution is 6.33. The standard InChI is InChI=1S/C25H35ClN2O3/c26-22-3-2-16(7-20(30)13-27-4-1-5-29)8-21(22)23(31)28-15-24-10-17-6-18-9-19(12-24)25(18,11-17)14-24/h2-3,8,17-20,27,29-30H,1,4-7,9-15H2,(H,28,31)/t17?,18?,19?,20-,24?,25?/m1/s1. The minimum absolute atomic E-state index is 0.0944. The molecule has 1 aromatic rings. The predicted octanol–water partition coefficient (Wildman–Crippen LogP) is 3.16. The predicted molar refractivity (Wildman–Crippen MR) is 121 cm³/mol. The third-order valence-corrected chi connectivity index (χ3v) is 9.18. The van der Waals surface area contributed by atoms with Gasteiger partial charge in [-0.2, -0.15) is 0 Å². The molecule has 1 amide bonds. The number of carbonyl (C=O) groups is 1. The second kappa shape index (κ2) is 8.33. The summed E-state index contributed by atoms with van der Waals surface area (Å²) in [5.74, 6) is 2.66. The van der Waals surface area contributed by atoms with E-state index in [1.165, 1.54) is 38.5 Å². The molecule has 4 saturated carbocycles. The fourth-order valence-electron chi connectivity index (χ4n) is 7.80. The Labute approximate surface area is 189 Å². The number of hydrogen-bond donors (Lipinski definition) is 4. The van der Waals surface area contributed by atoms with E-state index in [-0.39, 0.29) is 12.5 Å². The first kappa shape index (κ1) is 21.7. The lowest BCUT2D eigenvalue weighted by Crippen LogP contribution is -2.43. The maximum atomic E-state index is 13.0. The average molecular weight is 447 g/mol. The maximum absolute atomic E-state index is 13.0. The summed E-state index contributed by atoms with van der Waals surface area (Å²) in [6.07, 6.45) is 8.78. The normalized spacial score (nSPS) is 35.6. The van der Waals surface area contributed by atoms with Gasteiger partial charge in [0.15, 0.2) is 0 Å². The van der Waals surface area contributed by atoms with E-state index in [4.69, 9.17) is 16.7 Å². The van der Waals surface area contributed by atoms with Crippen LogP contribution in [0.3, 0.4) is 0 Å². The zero-order valence-electron chi connectivity index (χ0n) is 18.2. The fraction of sp³-hybridized carbons (Fsp3) is 0.720. The summed E-state index contributed by atoms with van der Waals surface area (Å²) in [6.45, 7) is 2.04. The van der Waals surface area contributed by atoms with Gasteiger partial charge in [0.2, 0.25) is 0 Å². The van der Waals surface area contributed by atoms with Gasteiger partial charge < -0.3 is 20.8 Å². The summed E-state index contributed by atoms with van der Waals surface area (Å²) in [7, 11) is 0. The van der Waals surface area contributed by atoms with Crippen molar-refractivity contribution in [3.05, 3.63) is 34.3 Å². The van der Waals surface area contributed by atoms with Gasteiger partial charge in [-0.25, -0.2) is 0 Å². The van der Waals surface area contributed by atoms with Crippen LogP contribution in [0, 0.1) is 28.6 Å². The average Bonchev–Trinajstić information content (AvgIpc) is 3.06. The number of rotatable bonds is 10. The molecular weight excluding hydrogens is 412 g/mol. The van der Waals surface area contributed by atoms with E-state index >= 15 is 0 Å². The number of aliphatic hydroxyl groups is 2. The van der Waals surface area contributed by atoms with Gasteiger partial charge in [-0.1, -0.05) is 17.7 Å². The molecule has 4 fully saturated rings. The number of nitrogens with one attached hydrogen (secondary N) is 2. The zero-order valence-corrected chi connectivity index (χ0v) is 19.0. The molecule has 5 nitrogen and oxygen atoms in total. The molecule has 5 rings (SSSR count). The van der Waals surface area contributed by atoms with Crippen LogP contribution in [0.5, 0.6) is 0 Å². The van der Waals surface area contributed by atoms with Crippen LogP contribution in [-0.2, 0) is 6.42 Å². The quantitative estimate of drug-likeness (QED) is 0.416. The number of amides is 1. The van der Waals surface area contributed by atoms with Crippen molar-refractivity contribution in [1.29, 1.82) is 0 Å². The van der Waals surface area contributed by atoms with Crippen LogP contribution in [0.4, 0.5) is 0 Å². The van der Waals surface area contributed by atoms with Crippen LogP contribution in [0.25, 0.3) is 0 Å². The van der Waals surface area contributed by atoms with Crippen LogP contribution >= 0.6 is 11.6 Å². The van der Waals surface area contributed by atoms with Crippen LogP contribution in [-0.4, -0.2) is 48.5 Å². The van der Waals surface area contributed by atoms with E-state index in [0.717, 1.165) is 29.9 Å². The van der Waals surface area contributed by atoms with Crippen molar-refractivity contribution in [3.63, 3.8) is 0 Å². The largest absolute Gasteiger partial charge is 0.396 e. The number of hydrogen-bond acceptors (Lipinski definition) is 4. The Balaban J connectivity index is 1.19. The monoisotopic (exact) mass is 446 g/mol. The Morgan fingerprint density at radius 2 is 2.10 bits per heavy atom. The first-order chi connectivity index (χ1) is 14.9. The molecule has 6 atom stereocenters. The second-order valence-corrected chi connectivity index (χ2v) is 11.3. The van der Waals surface area contributed by atoms with Crippen molar-refractivity contribution in [2.75, 3.05) is 26.2 Å². The third kappa shape index (κ3) is 3.92. The number of carbonyl (C=O) groups excluding carboxylic acids is 1. The van der Waals surface area contributed by atoms with Gasteiger partial charge >= 0.3 is 0 Å². The molecule has 1 spiro atoms. The molecule has 4 N–H and O–H groups in total. The highest BCUT2D eigenvalue weighted by Gasteiger charge is 2.70. The topological polar surface area (TPSA) is 81.6 Å². The first-order valence-corrected chi connectivity index (χ1v) is 12.4. The number of benzene rings is 1. The van der Waals surface area contributed by atoms with E-state index in [0.29, 0.717) is 47.3 Å². The maximum Gasteiger partial charge on any atom is 0.252 e. The van der Waals surface area contributed by atoms with Crippen LogP contribution in [0.2, 0.25) is 5.02 Å². The van der Waals surface area contributed by atoms with E-state index in [1.54, 1.807) is 6.07 Å². The second-order valence-electron chi connectivity index (χ2n) is 10.9. The summed E-state index contributed by atoms with van der Waals surface area (Å²) >= 11 is 6.37. The lowest BCUT2D eigenvalue weighted by atomic mass is 9.55. The highest BCUT2D eigenvalue weighted by atomic mass is 35.5. The number of halogens is 1. The van der Waals surface area contributed by atoms with Gasteiger partial charge in [-0.3, -0.25) is 4.79 Å². The minimum atomic E-state index is -0.548.